The summed E-state index contributed by atoms with van der Waals surface area (Å²) in [4.78, 5) is 14.2. The Labute approximate surface area is 63.2 Å². The second-order valence-corrected chi connectivity index (χ2v) is 2.17. The van der Waals surface area contributed by atoms with Crippen molar-refractivity contribution in [3.8, 4) is 5.75 Å². The van der Waals surface area contributed by atoms with E-state index in [2.05, 4.69) is 10.3 Å². The maximum absolute atomic E-state index is 10.3. The maximum atomic E-state index is 10.3. The number of nitrogens with one attached hydrogen (secondary N) is 1. The van der Waals surface area contributed by atoms with Crippen LogP contribution >= 0.6 is 0 Å². The molecule has 0 saturated carbocycles. The van der Waals surface area contributed by atoms with Crippen molar-refractivity contribution in [3.05, 3.63) is 17.8 Å². The van der Waals surface area contributed by atoms with Crippen LogP contribution in [0.4, 0.5) is 5.82 Å². The van der Waals surface area contributed by atoms with E-state index in [0.717, 1.165) is 0 Å². The van der Waals surface area contributed by atoms with Gasteiger partial charge in [0.1, 0.15) is 5.69 Å². The average Bonchev–Trinajstić information content (AvgIpc) is 2.50. The summed E-state index contributed by atoms with van der Waals surface area (Å²) in [6, 6.07) is 3.35. The quantitative estimate of drug-likeness (QED) is 0.597. The van der Waals surface area contributed by atoms with Crippen LogP contribution in [0, 0.1) is 0 Å². The Morgan fingerprint density at radius 3 is 3.36 bits per heavy atom. The fraction of sp³-hybridized carbons (Fsp3) is 0.143. The zero-order valence-corrected chi connectivity index (χ0v) is 5.70. The normalized spacial score (nSPS) is 13.1. The first kappa shape index (κ1) is 6.15. The van der Waals surface area contributed by atoms with E-state index in [-0.39, 0.29) is 0 Å². The minimum atomic E-state index is 0.418. The minimum absolute atomic E-state index is 0.418. The van der Waals surface area contributed by atoms with E-state index in [4.69, 9.17) is 4.74 Å². The van der Waals surface area contributed by atoms with Gasteiger partial charge in [0, 0.05) is 0 Å². The first-order valence-electron chi connectivity index (χ1n) is 3.23. The molecule has 56 valence electrons. The summed E-state index contributed by atoms with van der Waals surface area (Å²) in [5, 5.41) is 2.88. The summed E-state index contributed by atoms with van der Waals surface area (Å²) in [5.74, 6) is 1.35. The molecule has 0 spiro atoms. The molecule has 0 aromatic carbocycles. The highest BCUT2D eigenvalue weighted by Gasteiger charge is 2.11. The molecule has 4 nitrogen and oxygen atoms in total. The highest BCUT2D eigenvalue weighted by atomic mass is 16.5. The molecule has 1 aromatic heterocycles. The van der Waals surface area contributed by atoms with Crippen LogP contribution in [0.25, 0.3) is 0 Å². The van der Waals surface area contributed by atoms with E-state index in [1.165, 1.54) is 0 Å². The maximum Gasteiger partial charge on any atom is 0.172 e. The molecule has 0 bridgehead atoms. The second-order valence-electron chi connectivity index (χ2n) is 2.17. The Balaban J connectivity index is 2.48. The van der Waals surface area contributed by atoms with Gasteiger partial charge in [-0.2, -0.15) is 0 Å². The van der Waals surface area contributed by atoms with Gasteiger partial charge in [-0.05, 0) is 12.1 Å². The molecule has 4 heteroatoms. The number of aldehydes is 1. The SMILES string of the molecule is O=Cc1ccc2c(n1)NCO2. The topological polar surface area (TPSA) is 51.2 Å². The molecule has 0 saturated heterocycles. The third-order valence-electron chi connectivity index (χ3n) is 1.47. The van der Waals surface area contributed by atoms with Crippen LogP contribution in [0.1, 0.15) is 10.5 Å². The highest BCUT2D eigenvalue weighted by Crippen LogP contribution is 2.25. The number of rotatable bonds is 1. The lowest BCUT2D eigenvalue weighted by Crippen LogP contribution is -1.97. The number of ether oxygens (including phenoxy) is 1. The van der Waals surface area contributed by atoms with E-state index in [1.807, 2.05) is 0 Å². The largest absolute Gasteiger partial charge is 0.469 e. The number of pyridine rings is 1. The number of aromatic nitrogens is 1. The van der Waals surface area contributed by atoms with Gasteiger partial charge >= 0.3 is 0 Å². The van der Waals surface area contributed by atoms with Crippen LogP contribution in [0.15, 0.2) is 12.1 Å². The molecule has 0 amide bonds. The molecule has 1 N–H and O–H groups in total. The van der Waals surface area contributed by atoms with Crippen molar-refractivity contribution in [2.75, 3.05) is 12.0 Å². The van der Waals surface area contributed by atoms with Gasteiger partial charge in [-0.25, -0.2) is 4.98 Å². The minimum Gasteiger partial charge on any atom is -0.469 e. The Hall–Kier alpha value is -1.58. The molecule has 1 aromatic rings. The fourth-order valence-electron chi connectivity index (χ4n) is 0.952. The van der Waals surface area contributed by atoms with Crippen LogP contribution in [0.2, 0.25) is 0 Å². The fourth-order valence-corrected chi connectivity index (χ4v) is 0.952. The van der Waals surface area contributed by atoms with Crippen LogP contribution in [-0.4, -0.2) is 18.0 Å². The van der Waals surface area contributed by atoms with Gasteiger partial charge in [-0.3, -0.25) is 4.79 Å². The Morgan fingerprint density at radius 1 is 1.64 bits per heavy atom. The van der Waals surface area contributed by atoms with Crippen molar-refractivity contribution in [2.45, 2.75) is 0 Å². The van der Waals surface area contributed by atoms with Crippen molar-refractivity contribution >= 4 is 12.1 Å². The van der Waals surface area contributed by atoms with Crippen LogP contribution in [0.5, 0.6) is 5.75 Å². The first-order valence-corrected chi connectivity index (χ1v) is 3.23. The smallest absolute Gasteiger partial charge is 0.172 e. The third kappa shape index (κ3) is 0.920. The Kier molecular flexibility index (Phi) is 1.25. The van der Waals surface area contributed by atoms with Crippen molar-refractivity contribution < 1.29 is 9.53 Å². The molecule has 0 unspecified atom stereocenters. The number of hydrogen-bond acceptors (Lipinski definition) is 4. The van der Waals surface area contributed by atoms with Crippen LogP contribution in [-0.2, 0) is 0 Å². The van der Waals surface area contributed by atoms with Crippen LogP contribution < -0.4 is 10.1 Å². The van der Waals surface area contributed by atoms with Crippen molar-refractivity contribution in [2.24, 2.45) is 0 Å². The van der Waals surface area contributed by atoms with Crippen molar-refractivity contribution in [1.29, 1.82) is 0 Å². The number of fused-ring (bicyclic) bond motifs is 1. The van der Waals surface area contributed by atoms with E-state index in [1.54, 1.807) is 12.1 Å². The summed E-state index contributed by atoms with van der Waals surface area (Å²) >= 11 is 0. The average molecular weight is 150 g/mol. The number of anilines is 1. The van der Waals surface area contributed by atoms with Gasteiger partial charge < -0.3 is 10.1 Å². The lowest BCUT2D eigenvalue weighted by molar-refractivity contribution is 0.111. The van der Waals surface area contributed by atoms with Crippen molar-refractivity contribution in [3.63, 3.8) is 0 Å². The molecule has 2 heterocycles. The van der Waals surface area contributed by atoms with Gasteiger partial charge in [0.15, 0.2) is 24.6 Å². The Morgan fingerprint density at radius 2 is 2.55 bits per heavy atom. The Bertz CT molecular complexity index is 298. The number of carbonyl (C=O) groups is 1. The van der Waals surface area contributed by atoms with E-state index < -0.39 is 0 Å². The summed E-state index contributed by atoms with van der Waals surface area (Å²) in [5.41, 5.74) is 0.418. The van der Waals surface area contributed by atoms with Gasteiger partial charge in [0.25, 0.3) is 0 Å². The molecule has 0 fully saturated rings. The predicted octanol–water partition coefficient (Wildman–Crippen LogP) is 0.656. The molecule has 1 aliphatic heterocycles. The summed E-state index contributed by atoms with van der Waals surface area (Å²) in [7, 11) is 0. The number of hydrogen-bond donors (Lipinski definition) is 1. The number of nitrogens with zero attached hydrogens (tertiary/aromatic N) is 1. The summed E-state index contributed by atoms with van der Waals surface area (Å²) in [6.45, 7) is 0.435. The third-order valence-corrected chi connectivity index (χ3v) is 1.47. The predicted molar refractivity (Wildman–Crippen MR) is 38.7 cm³/mol. The molecule has 0 aliphatic carbocycles. The molecular formula is C7H6N2O2. The molecule has 0 atom stereocenters. The van der Waals surface area contributed by atoms with Gasteiger partial charge in [0.05, 0.1) is 0 Å². The lowest BCUT2D eigenvalue weighted by atomic mass is 10.3. The molecular weight excluding hydrogens is 144 g/mol. The highest BCUT2D eigenvalue weighted by molar-refractivity contribution is 5.74. The van der Waals surface area contributed by atoms with E-state index in [9.17, 15) is 4.79 Å². The zero-order chi connectivity index (χ0) is 7.68. The molecule has 0 radical (unpaired) electrons. The van der Waals surface area contributed by atoms with E-state index in [0.29, 0.717) is 30.3 Å². The second kappa shape index (κ2) is 2.23. The molecule has 2 rings (SSSR count). The summed E-state index contributed by atoms with van der Waals surface area (Å²) < 4.78 is 5.11. The van der Waals surface area contributed by atoms with E-state index >= 15 is 0 Å². The number of carbonyl (C=O) groups excluding carboxylic acids is 1. The standard InChI is InChI=1S/C7H6N2O2/c10-3-5-1-2-6-7(9-5)8-4-11-6/h1-3H,4H2,(H,8,9). The van der Waals surface area contributed by atoms with Gasteiger partial charge in [0.2, 0.25) is 0 Å². The van der Waals surface area contributed by atoms with Crippen LogP contribution in [0.3, 0.4) is 0 Å². The van der Waals surface area contributed by atoms with Gasteiger partial charge in [-0.1, -0.05) is 0 Å². The first-order chi connectivity index (χ1) is 5.40. The monoisotopic (exact) mass is 150 g/mol. The van der Waals surface area contributed by atoms with Crippen molar-refractivity contribution in [1.82, 2.24) is 4.98 Å². The lowest BCUT2D eigenvalue weighted by Gasteiger charge is -1.94. The molecule has 11 heavy (non-hydrogen) atoms. The summed E-state index contributed by atoms with van der Waals surface area (Å²) in [6.07, 6.45) is 0.709. The van der Waals surface area contributed by atoms with Gasteiger partial charge in [-0.15, -0.1) is 0 Å². The molecule has 1 aliphatic rings. The zero-order valence-electron chi connectivity index (χ0n) is 5.70.